The number of aryl methyl sites for hydroxylation is 2. The van der Waals surface area contributed by atoms with E-state index in [0.29, 0.717) is 23.2 Å². The summed E-state index contributed by atoms with van der Waals surface area (Å²) >= 11 is 0. The molecule has 0 radical (unpaired) electrons. The van der Waals surface area contributed by atoms with Crippen LogP contribution in [-0.4, -0.2) is 44.0 Å². The fraction of sp³-hybridized carbons (Fsp3) is 0.148. The van der Waals surface area contributed by atoms with Crippen molar-refractivity contribution in [3.05, 3.63) is 89.3 Å². The Labute approximate surface area is 219 Å². The first-order valence-electron chi connectivity index (χ1n) is 11.7. The van der Waals surface area contributed by atoms with Crippen molar-refractivity contribution in [2.45, 2.75) is 20.4 Å². The van der Waals surface area contributed by atoms with E-state index < -0.39 is 11.9 Å². The average Bonchev–Trinajstić information content (AvgIpc) is 3.28. The molecule has 4 rings (SSSR count). The van der Waals surface area contributed by atoms with Crippen molar-refractivity contribution in [3.8, 4) is 23.0 Å². The molecule has 0 aliphatic rings. The van der Waals surface area contributed by atoms with Crippen LogP contribution in [0.4, 0.5) is 10.6 Å². The Morgan fingerprint density at radius 3 is 2.53 bits per heavy atom. The zero-order chi connectivity index (χ0) is 27.1. The fourth-order valence-corrected chi connectivity index (χ4v) is 3.65. The highest BCUT2D eigenvalue weighted by Gasteiger charge is 2.14. The monoisotopic (exact) mass is 513 g/mol. The largest absolute Gasteiger partial charge is 0.497 e. The number of anilines is 1. The van der Waals surface area contributed by atoms with Crippen LogP contribution in [0.2, 0.25) is 0 Å². The molecule has 11 heteroatoms. The SMILES string of the molecule is COc1cccc(-c2cc(NC(=O)NCc3ccc(/C=C/C(=O)NO)cc3)nc(-n3nc(C)cc3C)n2)c1. The number of hydrogen-bond acceptors (Lipinski definition) is 7. The lowest BCUT2D eigenvalue weighted by Crippen LogP contribution is -2.28. The van der Waals surface area contributed by atoms with Gasteiger partial charge in [-0.3, -0.25) is 15.3 Å². The zero-order valence-corrected chi connectivity index (χ0v) is 21.1. The second kappa shape index (κ2) is 11.8. The first-order chi connectivity index (χ1) is 18.3. The molecule has 194 valence electrons. The van der Waals surface area contributed by atoms with Crippen molar-refractivity contribution in [3.63, 3.8) is 0 Å². The molecule has 0 saturated carbocycles. The molecular formula is C27H27N7O4. The smallest absolute Gasteiger partial charge is 0.320 e. The quantitative estimate of drug-likeness (QED) is 0.159. The predicted molar refractivity (Wildman–Crippen MR) is 142 cm³/mol. The third-order valence-electron chi connectivity index (χ3n) is 5.49. The number of methoxy groups -OCH3 is 1. The summed E-state index contributed by atoms with van der Waals surface area (Å²) in [4.78, 5) is 33.0. The van der Waals surface area contributed by atoms with E-state index in [0.717, 1.165) is 28.1 Å². The van der Waals surface area contributed by atoms with Crippen LogP contribution >= 0.6 is 0 Å². The van der Waals surface area contributed by atoms with Crippen LogP contribution in [0, 0.1) is 13.8 Å². The summed E-state index contributed by atoms with van der Waals surface area (Å²) in [6.07, 6.45) is 2.77. The third kappa shape index (κ3) is 6.59. The van der Waals surface area contributed by atoms with Gasteiger partial charge in [0.2, 0.25) is 0 Å². The van der Waals surface area contributed by atoms with Crippen LogP contribution in [0.25, 0.3) is 23.3 Å². The highest BCUT2D eigenvalue weighted by atomic mass is 16.5. The molecule has 4 aromatic rings. The molecule has 0 saturated heterocycles. The molecule has 4 N–H and O–H groups in total. The number of urea groups is 1. The van der Waals surface area contributed by atoms with Crippen LogP contribution in [0.5, 0.6) is 5.75 Å². The second-order valence-electron chi connectivity index (χ2n) is 8.37. The van der Waals surface area contributed by atoms with Gasteiger partial charge in [0.05, 0.1) is 18.5 Å². The Morgan fingerprint density at radius 2 is 1.84 bits per heavy atom. The van der Waals surface area contributed by atoms with Gasteiger partial charge in [0.15, 0.2) is 0 Å². The first-order valence-corrected chi connectivity index (χ1v) is 11.7. The molecule has 2 aromatic carbocycles. The summed E-state index contributed by atoms with van der Waals surface area (Å²) in [5, 5.41) is 18.6. The average molecular weight is 514 g/mol. The number of nitrogens with one attached hydrogen (secondary N) is 3. The summed E-state index contributed by atoms with van der Waals surface area (Å²) < 4.78 is 6.97. The summed E-state index contributed by atoms with van der Waals surface area (Å²) in [5.41, 5.74) is 6.22. The Kier molecular flexibility index (Phi) is 8.09. The minimum absolute atomic E-state index is 0.269. The molecule has 0 aliphatic heterocycles. The highest BCUT2D eigenvalue weighted by Crippen LogP contribution is 2.25. The minimum atomic E-state index is -0.618. The lowest BCUT2D eigenvalue weighted by molar-refractivity contribution is -0.124. The number of carbonyl (C=O) groups excluding carboxylic acids is 2. The summed E-state index contributed by atoms with van der Waals surface area (Å²) in [5.74, 6) is 0.692. The zero-order valence-electron chi connectivity index (χ0n) is 21.1. The van der Waals surface area contributed by atoms with Gasteiger partial charge in [-0.1, -0.05) is 36.4 Å². The molecule has 3 amide bonds. The molecule has 0 spiro atoms. The van der Waals surface area contributed by atoms with E-state index in [2.05, 4.69) is 25.7 Å². The van der Waals surface area contributed by atoms with Crippen molar-refractivity contribution in [1.82, 2.24) is 30.5 Å². The van der Waals surface area contributed by atoms with Crippen molar-refractivity contribution < 1.29 is 19.5 Å². The Morgan fingerprint density at radius 1 is 1.05 bits per heavy atom. The third-order valence-corrected chi connectivity index (χ3v) is 5.49. The van der Waals surface area contributed by atoms with E-state index in [9.17, 15) is 9.59 Å². The lowest BCUT2D eigenvalue weighted by Gasteiger charge is -2.12. The molecule has 0 unspecified atom stereocenters. The maximum atomic E-state index is 12.7. The Bertz CT molecular complexity index is 1480. The number of nitrogens with zero attached hydrogens (tertiary/aromatic N) is 4. The van der Waals surface area contributed by atoms with Crippen LogP contribution in [0.15, 0.2) is 66.7 Å². The number of hydrogen-bond donors (Lipinski definition) is 4. The number of rotatable bonds is 8. The number of ether oxygens (including phenoxy) is 1. The second-order valence-corrected chi connectivity index (χ2v) is 8.37. The van der Waals surface area contributed by atoms with Gasteiger partial charge in [-0.05, 0) is 49.2 Å². The van der Waals surface area contributed by atoms with Gasteiger partial charge < -0.3 is 10.1 Å². The van der Waals surface area contributed by atoms with Gasteiger partial charge in [-0.15, -0.1) is 0 Å². The molecule has 11 nitrogen and oxygen atoms in total. The minimum Gasteiger partial charge on any atom is -0.497 e. The molecule has 2 aromatic heterocycles. The van der Waals surface area contributed by atoms with Gasteiger partial charge in [0, 0.05) is 29.9 Å². The van der Waals surface area contributed by atoms with Crippen molar-refractivity contribution in [1.29, 1.82) is 0 Å². The molecule has 0 atom stereocenters. The van der Waals surface area contributed by atoms with Crippen LogP contribution < -0.4 is 20.9 Å². The van der Waals surface area contributed by atoms with Gasteiger partial charge in [-0.25, -0.2) is 19.9 Å². The van der Waals surface area contributed by atoms with Crippen molar-refractivity contribution in [2.24, 2.45) is 0 Å². The van der Waals surface area contributed by atoms with E-state index in [1.54, 1.807) is 36.1 Å². The van der Waals surface area contributed by atoms with Gasteiger partial charge in [0.25, 0.3) is 11.9 Å². The topological polar surface area (TPSA) is 143 Å². The number of hydroxylamine groups is 1. The van der Waals surface area contributed by atoms with Crippen molar-refractivity contribution in [2.75, 3.05) is 12.4 Å². The molecular weight excluding hydrogens is 486 g/mol. The number of aromatic nitrogens is 4. The standard InChI is InChI=1S/C27H27N7O4/c1-17-13-18(2)34(32-17)26-29-23(21-5-4-6-22(14-21)38-3)15-24(30-26)31-27(36)28-16-20-9-7-19(8-10-20)11-12-25(35)33-37/h4-15,37H,16H2,1-3H3,(H,33,35)(H2,28,29,30,31,36)/b12-11+. The maximum Gasteiger partial charge on any atom is 0.320 e. The molecule has 0 aliphatic carbocycles. The molecule has 0 fully saturated rings. The summed E-state index contributed by atoms with van der Waals surface area (Å²) in [7, 11) is 1.59. The maximum absolute atomic E-state index is 12.7. The van der Waals surface area contributed by atoms with Crippen LogP contribution in [0.1, 0.15) is 22.5 Å². The number of benzene rings is 2. The normalized spacial score (nSPS) is 10.8. The molecule has 0 bridgehead atoms. The van der Waals surface area contributed by atoms with Crippen LogP contribution in [0.3, 0.4) is 0 Å². The number of carbonyl (C=O) groups is 2. The highest BCUT2D eigenvalue weighted by molar-refractivity contribution is 5.91. The van der Waals surface area contributed by atoms with Crippen LogP contribution in [-0.2, 0) is 11.3 Å². The lowest BCUT2D eigenvalue weighted by atomic mass is 10.1. The van der Waals surface area contributed by atoms with E-state index in [1.807, 2.05) is 56.3 Å². The fourth-order valence-electron chi connectivity index (χ4n) is 3.65. The summed E-state index contributed by atoms with van der Waals surface area (Å²) in [6.45, 7) is 4.06. The van der Waals surface area contributed by atoms with Crippen molar-refractivity contribution >= 4 is 23.8 Å². The predicted octanol–water partition coefficient (Wildman–Crippen LogP) is 3.80. The van der Waals surface area contributed by atoms with Gasteiger partial charge in [-0.2, -0.15) is 10.1 Å². The Hall–Kier alpha value is -5.03. The van der Waals surface area contributed by atoms with E-state index >= 15 is 0 Å². The van der Waals surface area contributed by atoms with Gasteiger partial charge in [0.1, 0.15) is 11.6 Å². The van der Waals surface area contributed by atoms with E-state index in [1.165, 1.54) is 11.6 Å². The summed E-state index contributed by atoms with van der Waals surface area (Å²) in [6, 6.07) is 17.9. The molecule has 2 heterocycles. The van der Waals surface area contributed by atoms with E-state index in [-0.39, 0.29) is 6.54 Å². The number of amides is 3. The molecule has 38 heavy (non-hydrogen) atoms. The van der Waals surface area contributed by atoms with E-state index in [4.69, 9.17) is 9.94 Å². The van der Waals surface area contributed by atoms with Gasteiger partial charge >= 0.3 is 6.03 Å². The first kappa shape index (κ1) is 26.0. The Balaban J connectivity index is 1.52.